The Morgan fingerprint density at radius 3 is 2.06 bits per heavy atom. The molecule has 0 saturated carbocycles. The van der Waals surface area contributed by atoms with Crippen LogP contribution in [0.3, 0.4) is 0 Å². The molecule has 0 aliphatic carbocycles. The number of hydrogen-bond acceptors (Lipinski definition) is 3. The van der Waals surface area contributed by atoms with Crippen LogP contribution in [0.2, 0.25) is 0 Å². The number of pyridine rings is 1. The monoisotopic (exact) mass is 443 g/mol. The van der Waals surface area contributed by atoms with E-state index in [1.54, 1.807) is 0 Å². The van der Waals surface area contributed by atoms with Crippen LogP contribution in [-0.2, 0) is 13.2 Å². The smallest absolute Gasteiger partial charge is 0.137 e. The summed E-state index contributed by atoms with van der Waals surface area (Å²) in [6.07, 6.45) is 0.954. The topological polar surface area (TPSA) is 41.2 Å². The van der Waals surface area contributed by atoms with Crippen LogP contribution in [0.1, 0.15) is 40.5 Å². The highest BCUT2D eigenvalue weighted by atomic mass is 16.5. The molecule has 0 bridgehead atoms. The number of aromatic nitrogens is 3. The lowest BCUT2D eigenvalue weighted by molar-refractivity contribution is 0.286. The minimum Gasteiger partial charge on any atom is -0.493 e. The highest BCUT2D eigenvalue weighted by Crippen LogP contribution is 2.22. The molecule has 1 aromatic carbocycles. The molecule has 5 nitrogen and oxygen atoms in total. The van der Waals surface area contributed by atoms with Gasteiger partial charge in [0, 0.05) is 35.4 Å². The fourth-order valence-electron chi connectivity index (χ4n) is 4.21. The Bertz CT molecular complexity index is 1200. The predicted molar refractivity (Wildman–Crippen MR) is 133 cm³/mol. The fourth-order valence-corrected chi connectivity index (χ4v) is 4.21. The van der Waals surface area contributed by atoms with Gasteiger partial charge in [-0.1, -0.05) is 6.07 Å². The van der Waals surface area contributed by atoms with Crippen molar-refractivity contribution in [3.8, 4) is 17.3 Å². The second kappa shape index (κ2) is 9.99. The summed E-state index contributed by atoms with van der Waals surface area (Å²) in [4.78, 5) is 4.84. The molecule has 4 rings (SSSR count). The van der Waals surface area contributed by atoms with Crippen LogP contribution in [0, 0.1) is 34.6 Å². The lowest BCUT2D eigenvalue weighted by Gasteiger charge is -2.13. The van der Waals surface area contributed by atoms with Gasteiger partial charge >= 0.3 is 0 Å². The summed E-state index contributed by atoms with van der Waals surface area (Å²) < 4.78 is 16.5. The first-order chi connectivity index (χ1) is 15.9. The second-order valence-corrected chi connectivity index (χ2v) is 8.68. The van der Waals surface area contributed by atoms with Gasteiger partial charge in [0.2, 0.25) is 0 Å². The molecule has 3 heterocycles. The van der Waals surface area contributed by atoms with Gasteiger partial charge in [0.25, 0.3) is 0 Å². The van der Waals surface area contributed by atoms with E-state index in [0.29, 0.717) is 13.2 Å². The van der Waals surface area contributed by atoms with E-state index in [-0.39, 0.29) is 0 Å². The van der Waals surface area contributed by atoms with Crippen LogP contribution >= 0.6 is 0 Å². The number of nitrogens with zero attached hydrogens (tertiary/aromatic N) is 3. The Kier molecular flexibility index (Phi) is 6.87. The summed E-state index contributed by atoms with van der Waals surface area (Å²) in [6.45, 7) is 12.6. The zero-order chi connectivity index (χ0) is 23.4. The van der Waals surface area contributed by atoms with Gasteiger partial charge in [-0.25, -0.2) is 4.98 Å². The zero-order valence-electron chi connectivity index (χ0n) is 20.3. The van der Waals surface area contributed by atoms with Crippen LogP contribution in [0.4, 0.5) is 0 Å². The molecule has 0 unspecified atom stereocenters. The molecule has 0 atom stereocenters. The number of benzene rings is 1. The van der Waals surface area contributed by atoms with Crippen molar-refractivity contribution < 1.29 is 9.47 Å². The van der Waals surface area contributed by atoms with Crippen molar-refractivity contribution in [2.24, 2.45) is 0 Å². The van der Waals surface area contributed by atoms with Crippen molar-refractivity contribution in [1.82, 2.24) is 14.1 Å². The van der Waals surface area contributed by atoms with Crippen LogP contribution in [-0.4, -0.2) is 20.7 Å². The average Bonchev–Trinajstić information content (AvgIpc) is 3.30. The molecule has 0 radical (unpaired) electrons. The SMILES string of the molecule is Cc1cc(COc2cccc(OCCCn3c(C)ccc3C)c2)nc(-n2c(C)ccc2C)c1. The molecule has 0 amide bonds. The Hall–Kier alpha value is -3.47. The molecule has 4 aromatic rings. The summed E-state index contributed by atoms with van der Waals surface area (Å²) in [5.74, 6) is 2.53. The number of rotatable bonds is 9. The first-order valence-corrected chi connectivity index (χ1v) is 11.5. The molecule has 172 valence electrons. The van der Waals surface area contributed by atoms with E-state index in [9.17, 15) is 0 Å². The highest BCUT2D eigenvalue weighted by Gasteiger charge is 2.09. The maximum Gasteiger partial charge on any atom is 0.137 e. The molecule has 0 aliphatic heterocycles. The van der Waals surface area contributed by atoms with Crippen molar-refractivity contribution >= 4 is 0 Å². The summed E-state index contributed by atoms with van der Waals surface area (Å²) in [7, 11) is 0. The molecular formula is C28H33N3O2. The van der Waals surface area contributed by atoms with Crippen LogP contribution in [0.25, 0.3) is 5.82 Å². The third kappa shape index (κ3) is 5.48. The van der Waals surface area contributed by atoms with Gasteiger partial charge < -0.3 is 18.6 Å². The fraction of sp³-hybridized carbons (Fsp3) is 0.321. The molecule has 33 heavy (non-hydrogen) atoms. The minimum atomic E-state index is 0.406. The lowest BCUT2D eigenvalue weighted by Crippen LogP contribution is -2.07. The molecule has 0 spiro atoms. The standard InChI is InChI=1S/C28H33N3O2/c1-20-16-25(29-28(17-20)31-23(4)12-13-24(31)5)19-33-27-9-6-8-26(18-27)32-15-7-14-30-21(2)10-11-22(30)3/h6,8-13,16-18H,7,14-15,19H2,1-5H3. The third-order valence-corrected chi connectivity index (χ3v) is 5.91. The third-order valence-electron chi connectivity index (χ3n) is 5.91. The van der Waals surface area contributed by atoms with Gasteiger partial charge in [0.1, 0.15) is 23.9 Å². The first-order valence-electron chi connectivity index (χ1n) is 11.5. The summed E-state index contributed by atoms with van der Waals surface area (Å²) in [6, 6.07) is 20.6. The molecule has 0 fully saturated rings. The quantitative estimate of drug-likeness (QED) is 0.287. The minimum absolute atomic E-state index is 0.406. The maximum absolute atomic E-state index is 6.06. The van der Waals surface area contributed by atoms with E-state index < -0.39 is 0 Å². The van der Waals surface area contributed by atoms with Gasteiger partial charge in [0.15, 0.2) is 0 Å². The van der Waals surface area contributed by atoms with Gasteiger partial charge in [-0.2, -0.15) is 0 Å². The number of aryl methyl sites for hydroxylation is 5. The first kappa shape index (κ1) is 22.7. The van der Waals surface area contributed by atoms with Gasteiger partial charge in [-0.3, -0.25) is 0 Å². The Labute approximate surface area is 196 Å². The van der Waals surface area contributed by atoms with E-state index in [0.717, 1.165) is 41.5 Å². The van der Waals surface area contributed by atoms with Gasteiger partial charge in [-0.15, -0.1) is 0 Å². The molecular weight excluding hydrogens is 410 g/mol. The Morgan fingerprint density at radius 1 is 0.727 bits per heavy atom. The van der Waals surface area contributed by atoms with E-state index in [4.69, 9.17) is 14.5 Å². The number of ether oxygens (including phenoxy) is 2. The molecule has 0 N–H and O–H groups in total. The summed E-state index contributed by atoms with van der Waals surface area (Å²) >= 11 is 0. The van der Waals surface area contributed by atoms with Crippen molar-refractivity contribution in [2.75, 3.05) is 6.61 Å². The molecule has 0 saturated heterocycles. The number of hydrogen-bond donors (Lipinski definition) is 0. The normalized spacial score (nSPS) is 11.1. The average molecular weight is 444 g/mol. The van der Waals surface area contributed by atoms with Gasteiger partial charge in [0.05, 0.1) is 12.3 Å². The maximum atomic E-state index is 6.06. The molecule has 3 aromatic heterocycles. The van der Waals surface area contributed by atoms with Crippen molar-refractivity contribution in [1.29, 1.82) is 0 Å². The van der Waals surface area contributed by atoms with Crippen molar-refractivity contribution in [3.05, 3.63) is 94.7 Å². The van der Waals surface area contributed by atoms with E-state index in [1.165, 1.54) is 22.8 Å². The predicted octanol–water partition coefficient (Wildman–Crippen LogP) is 6.26. The Morgan fingerprint density at radius 2 is 1.36 bits per heavy atom. The van der Waals surface area contributed by atoms with Crippen LogP contribution in [0.15, 0.2) is 60.7 Å². The van der Waals surface area contributed by atoms with E-state index in [1.807, 2.05) is 24.3 Å². The zero-order valence-corrected chi connectivity index (χ0v) is 20.3. The van der Waals surface area contributed by atoms with Crippen LogP contribution in [0.5, 0.6) is 11.5 Å². The summed E-state index contributed by atoms with van der Waals surface area (Å²) in [5, 5.41) is 0. The van der Waals surface area contributed by atoms with Crippen molar-refractivity contribution in [3.63, 3.8) is 0 Å². The summed E-state index contributed by atoms with van der Waals surface area (Å²) in [5.41, 5.74) is 6.99. The molecule has 5 heteroatoms. The van der Waals surface area contributed by atoms with Gasteiger partial charge in [-0.05, 0) is 95.1 Å². The van der Waals surface area contributed by atoms with Crippen molar-refractivity contribution in [2.45, 2.75) is 54.2 Å². The largest absolute Gasteiger partial charge is 0.493 e. The second-order valence-electron chi connectivity index (χ2n) is 8.68. The van der Waals surface area contributed by atoms with Crippen LogP contribution < -0.4 is 9.47 Å². The van der Waals surface area contributed by atoms with E-state index in [2.05, 4.69) is 80.2 Å². The highest BCUT2D eigenvalue weighted by molar-refractivity contribution is 5.36. The Balaban J connectivity index is 1.35. The van der Waals surface area contributed by atoms with E-state index >= 15 is 0 Å². The lowest BCUT2D eigenvalue weighted by atomic mass is 10.2. The molecule has 0 aliphatic rings.